The predicted octanol–water partition coefficient (Wildman–Crippen LogP) is 4.78. The van der Waals surface area contributed by atoms with E-state index in [4.69, 9.17) is 4.74 Å². The number of fused-ring (bicyclic) bond motifs is 2. The molecule has 30 heavy (non-hydrogen) atoms. The van der Waals surface area contributed by atoms with Gasteiger partial charge in [0.25, 0.3) is 5.91 Å². The van der Waals surface area contributed by atoms with Gasteiger partial charge in [-0.15, -0.1) is 0 Å². The third-order valence-corrected chi connectivity index (χ3v) is 4.94. The Morgan fingerprint density at radius 2 is 1.90 bits per heavy atom. The van der Waals surface area contributed by atoms with Crippen molar-refractivity contribution in [3.63, 3.8) is 0 Å². The summed E-state index contributed by atoms with van der Waals surface area (Å²) in [6.45, 7) is 6.48. The minimum atomic E-state index is -0.606. The molecule has 1 N–H and O–H groups in total. The summed E-state index contributed by atoms with van der Waals surface area (Å²) in [6, 6.07) is 17.5. The Labute approximate surface area is 175 Å². The van der Waals surface area contributed by atoms with Gasteiger partial charge in [-0.1, -0.05) is 36.4 Å². The smallest absolute Gasteiger partial charge is 0.412 e. The first-order chi connectivity index (χ1) is 14.3. The van der Waals surface area contributed by atoms with Crippen LogP contribution in [0.15, 0.2) is 54.6 Å². The lowest BCUT2D eigenvalue weighted by Gasteiger charge is -2.20. The number of nitrogens with zero attached hydrogens (tertiary/aromatic N) is 2. The molecular formula is C24H25N3O3. The fraction of sp³-hybridized carbons (Fsp3) is 0.292. The van der Waals surface area contributed by atoms with E-state index in [-0.39, 0.29) is 5.91 Å². The summed E-state index contributed by atoms with van der Waals surface area (Å²) in [5, 5.41) is 3.82. The third kappa shape index (κ3) is 4.27. The summed E-state index contributed by atoms with van der Waals surface area (Å²) < 4.78 is 5.32. The fourth-order valence-electron chi connectivity index (χ4n) is 3.62. The molecule has 4 rings (SSSR count). The summed E-state index contributed by atoms with van der Waals surface area (Å²) >= 11 is 0. The van der Waals surface area contributed by atoms with Crippen molar-refractivity contribution >= 4 is 28.6 Å². The Balaban J connectivity index is 1.46. The lowest BCUT2D eigenvalue weighted by atomic mass is 10.1. The largest absolute Gasteiger partial charge is 0.444 e. The highest BCUT2D eigenvalue weighted by Crippen LogP contribution is 2.30. The van der Waals surface area contributed by atoms with Crippen molar-refractivity contribution in [2.45, 2.75) is 39.3 Å². The molecule has 154 valence electrons. The number of amides is 2. The van der Waals surface area contributed by atoms with E-state index >= 15 is 0 Å². The number of nitrogens with one attached hydrogen (secondary N) is 1. The minimum absolute atomic E-state index is 0.0857. The van der Waals surface area contributed by atoms with Crippen molar-refractivity contribution in [1.82, 2.24) is 9.88 Å². The molecule has 1 aliphatic heterocycles. The second kappa shape index (κ2) is 7.78. The summed E-state index contributed by atoms with van der Waals surface area (Å²) in [5.74, 6) is -0.0857. The number of ether oxygens (including phenoxy) is 1. The van der Waals surface area contributed by atoms with E-state index in [2.05, 4.69) is 16.4 Å². The number of rotatable bonds is 4. The number of hydrogen-bond donors (Lipinski definition) is 1. The van der Waals surface area contributed by atoms with Crippen molar-refractivity contribution in [3.05, 3.63) is 71.4 Å². The average Bonchev–Trinajstić information content (AvgIpc) is 3.01. The number of para-hydroxylation sites is 1. The van der Waals surface area contributed by atoms with E-state index in [0.29, 0.717) is 30.8 Å². The van der Waals surface area contributed by atoms with Crippen molar-refractivity contribution in [3.8, 4) is 0 Å². The molecule has 2 aromatic carbocycles. The van der Waals surface area contributed by atoms with Gasteiger partial charge in [-0.3, -0.25) is 15.1 Å². The van der Waals surface area contributed by atoms with E-state index in [1.807, 2.05) is 42.5 Å². The van der Waals surface area contributed by atoms with Gasteiger partial charge < -0.3 is 9.64 Å². The number of anilines is 1. The van der Waals surface area contributed by atoms with Crippen LogP contribution in [0.2, 0.25) is 0 Å². The molecule has 6 heteroatoms. The molecular weight excluding hydrogens is 378 g/mol. The van der Waals surface area contributed by atoms with Crippen LogP contribution in [0.3, 0.4) is 0 Å². The Bertz CT molecular complexity index is 1120. The van der Waals surface area contributed by atoms with Gasteiger partial charge in [0, 0.05) is 30.6 Å². The van der Waals surface area contributed by atoms with Crippen molar-refractivity contribution in [2.75, 3.05) is 11.9 Å². The zero-order chi connectivity index (χ0) is 21.3. The van der Waals surface area contributed by atoms with Gasteiger partial charge in [0.1, 0.15) is 5.60 Å². The first kappa shape index (κ1) is 19.9. The molecule has 0 radical (unpaired) electrons. The van der Waals surface area contributed by atoms with Gasteiger partial charge >= 0.3 is 6.09 Å². The second-order valence-corrected chi connectivity index (χ2v) is 8.44. The molecule has 2 amide bonds. The number of carbonyl (C=O) groups is 2. The maximum atomic E-state index is 13.0. The van der Waals surface area contributed by atoms with Crippen LogP contribution in [0.5, 0.6) is 0 Å². The van der Waals surface area contributed by atoms with Crippen molar-refractivity contribution < 1.29 is 14.3 Å². The Morgan fingerprint density at radius 1 is 1.10 bits per heavy atom. The van der Waals surface area contributed by atoms with Gasteiger partial charge in [-0.2, -0.15) is 0 Å². The van der Waals surface area contributed by atoms with Gasteiger partial charge in [-0.05, 0) is 44.5 Å². The standard InChI is InChI=1S/C24H25N3O3/c1-24(2,3)30-23(29)26-20-10-6-8-17-15-27(22(28)21(17)20)14-13-18-12-11-16-7-4-5-9-19(16)25-18/h4-12H,13-15H2,1-3H3,(H,26,29). The first-order valence-corrected chi connectivity index (χ1v) is 10.1. The van der Waals surface area contributed by atoms with Crippen LogP contribution in [-0.2, 0) is 17.7 Å². The van der Waals surface area contributed by atoms with Crippen LogP contribution < -0.4 is 5.32 Å². The summed E-state index contributed by atoms with van der Waals surface area (Å²) in [5.41, 5.74) is 3.22. The van der Waals surface area contributed by atoms with Gasteiger partial charge in [-0.25, -0.2) is 4.79 Å². The molecule has 0 spiro atoms. The molecule has 0 fully saturated rings. The van der Waals surface area contributed by atoms with E-state index < -0.39 is 11.7 Å². The summed E-state index contributed by atoms with van der Waals surface area (Å²) in [4.78, 5) is 31.7. The second-order valence-electron chi connectivity index (χ2n) is 8.44. The quantitative estimate of drug-likeness (QED) is 0.680. The topological polar surface area (TPSA) is 71.5 Å². The highest BCUT2D eigenvalue weighted by atomic mass is 16.6. The molecule has 0 bridgehead atoms. The molecule has 0 saturated carbocycles. The highest BCUT2D eigenvalue weighted by molar-refractivity contribution is 6.06. The molecule has 1 aromatic heterocycles. The first-order valence-electron chi connectivity index (χ1n) is 10.1. The molecule has 1 aliphatic rings. The molecule has 0 aliphatic carbocycles. The SMILES string of the molecule is CC(C)(C)OC(=O)Nc1cccc2c1C(=O)N(CCc1ccc3ccccc3n1)C2. The molecule has 0 atom stereocenters. The monoisotopic (exact) mass is 403 g/mol. The van der Waals surface area contributed by atoms with E-state index in [9.17, 15) is 9.59 Å². The number of benzene rings is 2. The minimum Gasteiger partial charge on any atom is -0.444 e. The Morgan fingerprint density at radius 3 is 2.70 bits per heavy atom. The Kier molecular flexibility index (Phi) is 5.16. The lowest BCUT2D eigenvalue weighted by Crippen LogP contribution is -2.29. The van der Waals surface area contributed by atoms with Crippen LogP contribution >= 0.6 is 0 Å². The molecule has 0 unspecified atom stereocenters. The predicted molar refractivity (Wildman–Crippen MR) is 116 cm³/mol. The van der Waals surface area contributed by atoms with Crippen molar-refractivity contribution in [1.29, 1.82) is 0 Å². The van der Waals surface area contributed by atoms with Crippen LogP contribution in [-0.4, -0.2) is 34.0 Å². The summed E-state index contributed by atoms with van der Waals surface area (Å²) in [7, 11) is 0. The molecule has 0 saturated heterocycles. The van der Waals surface area contributed by atoms with Crippen LogP contribution in [0.1, 0.15) is 42.4 Å². The molecule has 6 nitrogen and oxygen atoms in total. The zero-order valence-corrected chi connectivity index (χ0v) is 17.4. The zero-order valence-electron chi connectivity index (χ0n) is 17.4. The van der Waals surface area contributed by atoms with Gasteiger partial charge in [0.05, 0.1) is 16.8 Å². The fourth-order valence-corrected chi connectivity index (χ4v) is 3.62. The van der Waals surface area contributed by atoms with Crippen LogP contribution in [0.25, 0.3) is 10.9 Å². The van der Waals surface area contributed by atoms with Crippen LogP contribution in [0, 0.1) is 0 Å². The van der Waals surface area contributed by atoms with Gasteiger partial charge in [0.2, 0.25) is 0 Å². The van der Waals surface area contributed by atoms with E-state index in [1.165, 1.54) is 0 Å². The molecule has 3 aromatic rings. The maximum absolute atomic E-state index is 13.0. The number of aromatic nitrogens is 1. The highest BCUT2D eigenvalue weighted by Gasteiger charge is 2.30. The maximum Gasteiger partial charge on any atom is 0.412 e. The van der Waals surface area contributed by atoms with E-state index in [0.717, 1.165) is 22.2 Å². The van der Waals surface area contributed by atoms with Gasteiger partial charge in [0.15, 0.2) is 0 Å². The number of pyridine rings is 1. The number of carbonyl (C=O) groups excluding carboxylic acids is 2. The third-order valence-electron chi connectivity index (χ3n) is 4.94. The average molecular weight is 403 g/mol. The lowest BCUT2D eigenvalue weighted by molar-refractivity contribution is 0.0636. The van der Waals surface area contributed by atoms with E-state index in [1.54, 1.807) is 31.7 Å². The Hall–Kier alpha value is -3.41. The van der Waals surface area contributed by atoms with Crippen LogP contribution in [0.4, 0.5) is 10.5 Å². The molecule has 2 heterocycles. The normalized spacial score (nSPS) is 13.4. The van der Waals surface area contributed by atoms with Crippen molar-refractivity contribution in [2.24, 2.45) is 0 Å². The number of hydrogen-bond acceptors (Lipinski definition) is 4. The summed E-state index contributed by atoms with van der Waals surface area (Å²) in [6.07, 6.45) is 0.0989.